The number of rotatable bonds is 5. The third-order valence-corrected chi connectivity index (χ3v) is 7.94. The van der Waals surface area contributed by atoms with Crippen molar-refractivity contribution >= 4 is 35.6 Å². The second kappa shape index (κ2) is 11.8. The predicted octanol–water partition coefficient (Wildman–Crippen LogP) is 3.76. The Kier molecular flexibility index (Phi) is 8.71. The number of hydrogen-bond donors (Lipinski definition) is 2. The fourth-order valence-corrected chi connectivity index (χ4v) is 5.09. The summed E-state index contributed by atoms with van der Waals surface area (Å²) in [6.45, 7) is 10.8. The summed E-state index contributed by atoms with van der Waals surface area (Å²) in [6.07, 6.45) is 2.64. The molecule has 2 saturated heterocycles. The highest BCUT2D eigenvalue weighted by Gasteiger charge is 2.45. The standard InChI is InChI=1S/C24H33ClFN7O2.CH2O2/c1-15(2)31-10-12-32(13-11-31)20-19(17(25)4-7-27-20)28-23(34)33-8-5-24(3,6-9-33)22-29-21(35-30-22)16-14-18(16)26;2-1-3/h4,7,15-16,18H,5-6,8-14H2,1-3H3,(H,28,34);1H,(H,2,3)/t16-,18+;/m1./s1. The van der Waals surface area contributed by atoms with Crippen molar-refractivity contribution in [3.63, 3.8) is 0 Å². The first-order chi connectivity index (χ1) is 18.2. The number of piperidine rings is 1. The zero-order valence-electron chi connectivity index (χ0n) is 21.9. The minimum atomic E-state index is -0.870. The van der Waals surface area contributed by atoms with Gasteiger partial charge in [0.1, 0.15) is 11.9 Å². The van der Waals surface area contributed by atoms with Gasteiger partial charge in [0.15, 0.2) is 11.6 Å². The molecule has 11 nitrogen and oxygen atoms in total. The second-order valence-electron chi connectivity index (χ2n) is 10.5. The van der Waals surface area contributed by atoms with Gasteiger partial charge in [0.05, 0.1) is 10.9 Å². The molecule has 0 spiro atoms. The van der Waals surface area contributed by atoms with E-state index in [4.69, 9.17) is 26.0 Å². The van der Waals surface area contributed by atoms with Crippen LogP contribution >= 0.6 is 11.6 Å². The lowest BCUT2D eigenvalue weighted by molar-refractivity contribution is -0.122. The number of aromatic nitrogens is 3. The Bertz CT molecular complexity index is 1120. The first-order valence-corrected chi connectivity index (χ1v) is 13.3. The zero-order chi connectivity index (χ0) is 27.4. The van der Waals surface area contributed by atoms with Crippen LogP contribution in [0.2, 0.25) is 5.02 Å². The molecule has 2 aromatic rings. The quantitative estimate of drug-likeness (QED) is 0.534. The highest BCUT2D eigenvalue weighted by atomic mass is 35.5. The van der Waals surface area contributed by atoms with Gasteiger partial charge in [0.25, 0.3) is 6.47 Å². The number of amides is 2. The number of carbonyl (C=O) groups is 2. The van der Waals surface area contributed by atoms with Crippen molar-refractivity contribution in [1.82, 2.24) is 24.9 Å². The van der Waals surface area contributed by atoms with Gasteiger partial charge in [-0.1, -0.05) is 23.7 Å². The molecule has 4 heterocycles. The van der Waals surface area contributed by atoms with Crippen LogP contribution in [0.25, 0.3) is 0 Å². The molecule has 0 radical (unpaired) electrons. The Hall–Kier alpha value is -2.99. The number of carboxylic acid groups (broad SMARTS) is 1. The summed E-state index contributed by atoms with van der Waals surface area (Å²) in [4.78, 5) is 37.0. The van der Waals surface area contributed by atoms with Crippen LogP contribution in [0.1, 0.15) is 57.7 Å². The van der Waals surface area contributed by atoms with Gasteiger partial charge in [0, 0.05) is 56.9 Å². The number of piperazine rings is 1. The summed E-state index contributed by atoms with van der Waals surface area (Å²) < 4.78 is 18.7. The van der Waals surface area contributed by atoms with E-state index in [-0.39, 0.29) is 23.8 Å². The lowest BCUT2D eigenvalue weighted by Crippen LogP contribution is -2.49. The molecule has 2 aromatic heterocycles. The summed E-state index contributed by atoms with van der Waals surface area (Å²) in [5.74, 6) is 1.45. The van der Waals surface area contributed by atoms with Crippen LogP contribution in [0, 0.1) is 0 Å². The Morgan fingerprint density at radius 2 is 1.89 bits per heavy atom. The van der Waals surface area contributed by atoms with Crippen LogP contribution in [0.3, 0.4) is 0 Å². The maximum Gasteiger partial charge on any atom is 0.321 e. The minimum Gasteiger partial charge on any atom is -0.483 e. The molecule has 3 aliphatic rings. The minimum absolute atomic E-state index is 0.198. The maximum atomic E-state index is 13.4. The largest absolute Gasteiger partial charge is 0.483 e. The van der Waals surface area contributed by atoms with Crippen LogP contribution in [0.5, 0.6) is 0 Å². The van der Waals surface area contributed by atoms with E-state index < -0.39 is 6.17 Å². The van der Waals surface area contributed by atoms with Crippen LogP contribution in [-0.4, -0.2) is 94.0 Å². The number of halogens is 2. The maximum absolute atomic E-state index is 13.4. The molecule has 0 unspecified atom stereocenters. The van der Waals surface area contributed by atoms with Crippen molar-refractivity contribution in [2.24, 2.45) is 0 Å². The number of nitrogens with zero attached hydrogens (tertiary/aromatic N) is 6. The number of carbonyl (C=O) groups excluding carboxylic acids is 1. The van der Waals surface area contributed by atoms with Gasteiger partial charge in [0.2, 0.25) is 5.89 Å². The number of alkyl halides is 1. The van der Waals surface area contributed by atoms with E-state index in [9.17, 15) is 9.18 Å². The molecule has 2 amide bonds. The zero-order valence-corrected chi connectivity index (χ0v) is 22.7. The average Bonchev–Trinajstić information content (AvgIpc) is 3.41. The van der Waals surface area contributed by atoms with Crippen LogP contribution in [0.4, 0.5) is 20.7 Å². The highest BCUT2D eigenvalue weighted by Crippen LogP contribution is 2.44. The van der Waals surface area contributed by atoms with E-state index in [1.165, 1.54) is 0 Å². The SMILES string of the molecule is CC(C)N1CCN(c2nccc(Cl)c2NC(=O)N2CCC(C)(c3noc([C@@H]4C[C@@H]4F)n3)CC2)CC1.O=CO. The van der Waals surface area contributed by atoms with E-state index in [1.54, 1.807) is 17.2 Å². The van der Waals surface area contributed by atoms with Crippen molar-refractivity contribution in [3.05, 3.63) is 29.0 Å². The molecular weight excluding hydrogens is 517 g/mol. The van der Waals surface area contributed by atoms with Gasteiger partial charge >= 0.3 is 6.03 Å². The third-order valence-electron chi connectivity index (χ3n) is 7.62. The number of nitrogens with one attached hydrogen (secondary N) is 1. The molecule has 0 aromatic carbocycles. The summed E-state index contributed by atoms with van der Waals surface area (Å²) in [5, 5.41) is 14.5. The van der Waals surface area contributed by atoms with Crippen LogP contribution < -0.4 is 10.2 Å². The molecule has 38 heavy (non-hydrogen) atoms. The molecule has 2 atom stereocenters. The van der Waals surface area contributed by atoms with Crippen LogP contribution in [0.15, 0.2) is 16.8 Å². The molecular formula is C25H35ClFN7O4. The number of urea groups is 1. The number of likely N-dealkylation sites (tertiary alicyclic amines) is 1. The lowest BCUT2D eigenvalue weighted by Gasteiger charge is -2.39. The molecule has 3 fully saturated rings. The molecule has 0 bridgehead atoms. The first-order valence-electron chi connectivity index (χ1n) is 12.9. The fourth-order valence-electron chi connectivity index (χ4n) is 4.90. The van der Waals surface area contributed by atoms with Crippen molar-refractivity contribution < 1.29 is 23.6 Å². The predicted molar refractivity (Wildman–Crippen MR) is 141 cm³/mol. The van der Waals surface area contributed by atoms with Gasteiger partial charge in [-0.25, -0.2) is 14.2 Å². The Labute approximate surface area is 226 Å². The summed E-state index contributed by atoms with van der Waals surface area (Å²) in [7, 11) is 0. The Balaban J connectivity index is 0.00000107. The van der Waals surface area contributed by atoms with Gasteiger partial charge in [-0.05, 0) is 39.2 Å². The molecule has 13 heteroatoms. The van der Waals surface area contributed by atoms with Crippen molar-refractivity contribution in [1.29, 1.82) is 0 Å². The second-order valence-corrected chi connectivity index (χ2v) is 10.9. The third kappa shape index (κ3) is 6.17. The van der Waals surface area contributed by atoms with E-state index in [0.717, 1.165) is 26.2 Å². The van der Waals surface area contributed by atoms with Gasteiger partial charge in [-0.2, -0.15) is 4.98 Å². The van der Waals surface area contributed by atoms with Gasteiger partial charge in [-0.3, -0.25) is 9.69 Å². The number of anilines is 2. The smallest absolute Gasteiger partial charge is 0.321 e. The topological polar surface area (TPSA) is 128 Å². The van der Waals surface area contributed by atoms with Gasteiger partial charge in [-0.15, -0.1) is 0 Å². The van der Waals surface area contributed by atoms with Gasteiger partial charge < -0.3 is 24.7 Å². The summed E-state index contributed by atoms with van der Waals surface area (Å²) in [5.41, 5.74) is 0.241. The van der Waals surface area contributed by atoms with Crippen LogP contribution in [-0.2, 0) is 10.2 Å². The van der Waals surface area contributed by atoms with E-state index in [2.05, 4.69) is 51.0 Å². The Morgan fingerprint density at radius 1 is 1.26 bits per heavy atom. The number of pyridine rings is 1. The molecule has 208 valence electrons. The van der Waals surface area contributed by atoms with E-state index >= 15 is 0 Å². The first kappa shape index (κ1) is 28.0. The average molecular weight is 552 g/mol. The van der Waals surface area contributed by atoms with Crippen molar-refractivity contribution in [3.8, 4) is 0 Å². The molecule has 2 N–H and O–H groups in total. The summed E-state index contributed by atoms with van der Waals surface area (Å²) >= 11 is 6.52. The number of hydrogen-bond acceptors (Lipinski definition) is 8. The molecule has 2 aliphatic heterocycles. The summed E-state index contributed by atoms with van der Waals surface area (Å²) in [6, 6.07) is 2.01. The molecule has 5 rings (SSSR count). The monoisotopic (exact) mass is 551 g/mol. The van der Waals surface area contributed by atoms with Crippen molar-refractivity contribution in [2.75, 3.05) is 49.5 Å². The highest BCUT2D eigenvalue weighted by molar-refractivity contribution is 6.34. The normalized spacial score (nSPS) is 23.0. The van der Waals surface area contributed by atoms with Crippen molar-refractivity contribution in [2.45, 2.75) is 63.6 Å². The fraction of sp³-hybridized carbons (Fsp3) is 0.640. The van der Waals surface area contributed by atoms with E-state index in [1.807, 2.05) is 0 Å². The Morgan fingerprint density at radius 3 is 2.47 bits per heavy atom. The molecule has 1 aliphatic carbocycles. The lowest BCUT2D eigenvalue weighted by atomic mass is 9.80. The van der Waals surface area contributed by atoms with E-state index in [0.29, 0.717) is 66.6 Å². The molecule has 1 saturated carbocycles.